The predicted molar refractivity (Wildman–Crippen MR) is 72.8 cm³/mol. The molecule has 1 atom stereocenters. The minimum Gasteiger partial charge on any atom is -0.480 e. The molecule has 1 saturated heterocycles. The van der Waals surface area contributed by atoms with Crippen molar-refractivity contribution in [2.24, 2.45) is 5.92 Å². The first kappa shape index (κ1) is 14.0. The van der Waals surface area contributed by atoms with E-state index in [4.69, 9.17) is 5.11 Å². The summed E-state index contributed by atoms with van der Waals surface area (Å²) >= 11 is 0. The summed E-state index contributed by atoms with van der Waals surface area (Å²) in [4.78, 5) is 23.2. The van der Waals surface area contributed by atoms with E-state index < -0.39 is 17.9 Å². The zero-order chi connectivity index (χ0) is 14.8. The molecular formula is C13H19N5O3. The van der Waals surface area contributed by atoms with Gasteiger partial charge >= 0.3 is 5.97 Å². The molecule has 0 bridgehead atoms. The molecule has 114 valence electrons. The fraction of sp³-hybridized carbons (Fsp3) is 0.692. The van der Waals surface area contributed by atoms with Crippen molar-refractivity contribution in [1.82, 2.24) is 25.6 Å². The molecule has 8 heteroatoms. The van der Waals surface area contributed by atoms with Crippen molar-refractivity contribution in [2.75, 3.05) is 13.1 Å². The number of carboxylic acids is 1. The Labute approximate surface area is 121 Å². The lowest BCUT2D eigenvalue weighted by Crippen LogP contribution is -2.42. The lowest BCUT2D eigenvalue weighted by molar-refractivity contribution is -0.139. The van der Waals surface area contributed by atoms with Crippen LogP contribution in [0.1, 0.15) is 42.2 Å². The minimum atomic E-state index is -0.989. The van der Waals surface area contributed by atoms with Gasteiger partial charge in [0.15, 0.2) is 5.69 Å². The molecule has 1 aromatic heterocycles. The fourth-order valence-corrected chi connectivity index (χ4v) is 2.66. The van der Waals surface area contributed by atoms with Gasteiger partial charge in [-0.25, -0.2) is 9.48 Å². The lowest BCUT2D eigenvalue weighted by Gasteiger charge is -2.22. The number of carboxylic acid groups (broad SMARTS) is 1. The van der Waals surface area contributed by atoms with E-state index in [1.165, 1.54) is 0 Å². The number of hydrogen-bond acceptors (Lipinski definition) is 5. The Balaban J connectivity index is 1.64. The molecule has 1 aromatic rings. The Morgan fingerprint density at radius 3 is 2.67 bits per heavy atom. The topological polar surface area (TPSA) is 109 Å². The molecule has 1 aliphatic carbocycles. The summed E-state index contributed by atoms with van der Waals surface area (Å²) < 4.78 is 1.71. The van der Waals surface area contributed by atoms with E-state index in [9.17, 15) is 9.59 Å². The van der Waals surface area contributed by atoms with Crippen molar-refractivity contribution < 1.29 is 14.7 Å². The first-order valence-electron chi connectivity index (χ1n) is 7.31. The molecule has 0 radical (unpaired) electrons. The number of rotatable bonds is 5. The zero-order valence-corrected chi connectivity index (χ0v) is 11.7. The number of piperidine rings is 1. The second kappa shape index (κ2) is 5.80. The average molecular weight is 293 g/mol. The Bertz CT molecular complexity index is 534. The molecule has 21 heavy (non-hydrogen) atoms. The standard InChI is InChI=1S/C13H19N5O3/c19-12(15-11(13(20)21)8-1-2-8)10-7-18(17-16-10)9-3-5-14-6-4-9/h7-9,11,14H,1-6H2,(H,15,19)(H,20,21). The first-order chi connectivity index (χ1) is 10.1. The van der Waals surface area contributed by atoms with Crippen molar-refractivity contribution in [2.45, 2.75) is 37.8 Å². The summed E-state index contributed by atoms with van der Waals surface area (Å²) in [5.41, 5.74) is 0.181. The number of carbonyl (C=O) groups is 2. The van der Waals surface area contributed by atoms with Crippen LogP contribution in [0.25, 0.3) is 0 Å². The molecular weight excluding hydrogens is 274 g/mol. The van der Waals surface area contributed by atoms with E-state index in [0.717, 1.165) is 38.8 Å². The third-order valence-electron chi connectivity index (χ3n) is 4.07. The van der Waals surface area contributed by atoms with Crippen LogP contribution in [0.5, 0.6) is 0 Å². The van der Waals surface area contributed by atoms with Crippen LogP contribution < -0.4 is 10.6 Å². The quantitative estimate of drug-likeness (QED) is 0.693. The third kappa shape index (κ3) is 3.21. The van der Waals surface area contributed by atoms with E-state index in [0.29, 0.717) is 0 Å². The Kier molecular flexibility index (Phi) is 3.87. The van der Waals surface area contributed by atoms with Gasteiger partial charge < -0.3 is 15.7 Å². The van der Waals surface area contributed by atoms with Crippen LogP contribution in [0.2, 0.25) is 0 Å². The molecule has 0 spiro atoms. The van der Waals surface area contributed by atoms with Crippen molar-refractivity contribution >= 4 is 11.9 Å². The van der Waals surface area contributed by atoms with Gasteiger partial charge in [0.1, 0.15) is 6.04 Å². The van der Waals surface area contributed by atoms with Gasteiger partial charge in [-0.05, 0) is 44.7 Å². The second-order valence-electron chi connectivity index (χ2n) is 5.69. The van der Waals surface area contributed by atoms with E-state index in [-0.39, 0.29) is 17.7 Å². The minimum absolute atomic E-state index is 0.0471. The first-order valence-corrected chi connectivity index (χ1v) is 7.31. The van der Waals surface area contributed by atoms with Crippen molar-refractivity contribution in [3.05, 3.63) is 11.9 Å². The van der Waals surface area contributed by atoms with Crippen LogP contribution in [0.15, 0.2) is 6.20 Å². The summed E-state index contributed by atoms with van der Waals surface area (Å²) in [7, 11) is 0. The highest BCUT2D eigenvalue weighted by Gasteiger charge is 2.37. The highest BCUT2D eigenvalue weighted by atomic mass is 16.4. The van der Waals surface area contributed by atoms with Crippen LogP contribution >= 0.6 is 0 Å². The number of aliphatic carboxylic acids is 1. The molecule has 1 aliphatic heterocycles. The van der Waals surface area contributed by atoms with Gasteiger partial charge in [0.05, 0.1) is 12.2 Å². The van der Waals surface area contributed by atoms with Crippen LogP contribution in [-0.4, -0.2) is 51.1 Å². The van der Waals surface area contributed by atoms with Gasteiger partial charge in [0.25, 0.3) is 5.91 Å². The molecule has 3 rings (SSSR count). The maximum atomic E-state index is 12.1. The Hall–Kier alpha value is -1.96. The fourth-order valence-electron chi connectivity index (χ4n) is 2.66. The highest BCUT2D eigenvalue weighted by molar-refractivity contribution is 5.94. The number of amides is 1. The summed E-state index contributed by atoms with van der Waals surface area (Å²) in [6, 6.07) is -0.569. The van der Waals surface area contributed by atoms with Gasteiger partial charge in [-0.15, -0.1) is 5.10 Å². The molecule has 2 fully saturated rings. The summed E-state index contributed by atoms with van der Waals surface area (Å²) in [6.07, 6.45) is 5.20. The zero-order valence-electron chi connectivity index (χ0n) is 11.7. The number of aromatic nitrogens is 3. The summed E-state index contributed by atoms with van der Waals surface area (Å²) in [5.74, 6) is -1.41. The molecule has 3 N–H and O–H groups in total. The normalized spacial score (nSPS) is 21.0. The van der Waals surface area contributed by atoms with Gasteiger partial charge in [0.2, 0.25) is 0 Å². The van der Waals surface area contributed by atoms with Gasteiger partial charge in [-0.2, -0.15) is 0 Å². The number of hydrogen-bond donors (Lipinski definition) is 3. The molecule has 0 aromatic carbocycles. The van der Waals surface area contributed by atoms with Gasteiger partial charge in [0, 0.05) is 0 Å². The molecule has 1 unspecified atom stereocenters. The SMILES string of the molecule is O=C(NC(C(=O)O)C1CC1)c1cn(C2CCNCC2)nn1. The molecule has 1 amide bonds. The van der Waals surface area contributed by atoms with Gasteiger partial charge in [-0.3, -0.25) is 4.79 Å². The lowest BCUT2D eigenvalue weighted by atomic mass is 10.1. The van der Waals surface area contributed by atoms with Crippen LogP contribution in [-0.2, 0) is 4.79 Å². The molecule has 1 saturated carbocycles. The smallest absolute Gasteiger partial charge is 0.326 e. The van der Waals surface area contributed by atoms with Crippen molar-refractivity contribution in [1.29, 1.82) is 0 Å². The monoisotopic (exact) mass is 293 g/mol. The second-order valence-corrected chi connectivity index (χ2v) is 5.69. The molecule has 2 heterocycles. The van der Waals surface area contributed by atoms with E-state index in [2.05, 4.69) is 20.9 Å². The average Bonchev–Trinajstić information content (AvgIpc) is 3.20. The molecule has 8 nitrogen and oxygen atoms in total. The summed E-state index contributed by atoms with van der Waals surface area (Å²) in [6.45, 7) is 1.85. The largest absolute Gasteiger partial charge is 0.480 e. The Morgan fingerprint density at radius 2 is 2.05 bits per heavy atom. The Morgan fingerprint density at radius 1 is 1.33 bits per heavy atom. The number of nitrogens with zero attached hydrogens (tertiary/aromatic N) is 3. The number of carbonyl (C=O) groups excluding carboxylic acids is 1. The van der Waals surface area contributed by atoms with E-state index >= 15 is 0 Å². The van der Waals surface area contributed by atoms with E-state index in [1.54, 1.807) is 10.9 Å². The third-order valence-corrected chi connectivity index (χ3v) is 4.07. The summed E-state index contributed by atoms with van der Waals surface area (Å²) in [5, 5.41) is 22.8. The predicted octanol–water partition coefficient (Wildman–Crippen LogP) is -0.204. The number of nitrogens with one attached hydrogen (secondary N) is 2. The van der Waals surface area contributed by atoms with Crippen LogP contribution in [0.3, 0.4) is 0 Å². The van der Waals surface area contributed by atoms with Crippen molar-refractivity contribution in [3.63, 3.8) is 0 Å². The highest BCUT2D eigenvalue weighted by Crippen LogP contribution is 2.32. The van der Waals surface area contributed by atoms with Crippen molar-refractivity contribution in [3.8, 4) is 0 Å². The van der Waals surface area contributed by atoms with E-state index in [1.807, 2.05) is 0 Å². The van der Waals surface area contributed by atoms with Crippen LogP contribution in [0, 0.1) is 5.92 Å². The van der Waals surface area contributed by atoms with Crippen LogP contribution in [0.4, 0.5) is 0 Å². The van der Waals surface area contributed by atoms with Gasteiger partial charge in [-0.1, -0.05) is 5.21 Å². The maximum Gasteiger partial charge on any atom is 0.326 e. The maximum absolute atomic E-state index is 12.1. The molecule has 2 aliphatic rings.